The van der Waals surface area contributed by atoms with Crippen molar-refractivity contribution in [2.24, 2.45) is 0 Å². The molecule has 0 aliphatic carbocycles. The summed E-state index contributed by atoms with van der Waals surface area (Å²) < 4.78 is 0. The standard InChI is InChI=1S/C21H22ClN3O3/c22-18-5-3-16(4-6-18)20(27)15-24-10-12-25(13-11-24)21(28)8-7-19(26)17-2-1-9-23-14-17/h1-6,9,14H,7-8,10-13,15H2. The van der Waals surface area contributed by atoms with E-state index in [1.165, 1.54) is 6.20 Å². The molecular formula is C21H22ClN3O3. The third-order valence-electron chi connectivity index (χ3n) is 4.81. The van der Waals surface area contributed by atoms with Crippen molar-refractivity contribution in [2.45, 2.75) is 12.8 Å². The predicted octanol–water partition coefficient (Wildman–Crippen LogP) is 2.73. The van der Waals surface area contributed by atoms with E-state index in [-0.39, 0.29) is 30.3 Å². The smallest absolute Gasteiger partial charge is 0.223 e. The van der Waals surface area contributed by atoms with E-state index in [9.17, 15) is 14.4 Å². The second-order valence-corrected chi connectivity index (χ2v) is 7.19. The van der Waals surface area contributed by atoms with E-state index in [0.29, 0.717) is 48.9 Å². The lowest BCUT2D eigenvalue weighted by Crippen LogP contribution is -2.49. The zero-order chi connectivity index (χ0) is 19.9. The van der Waals surface area contributed by atoms with E-state index < -0.39 is 0 Å². The van der Waals surface area contributed by atoms with Crippen LogP contribution in [-0.4, -0.2) is 65.0 Å². The van der Waals surface area contributed by atoms with Crippen molar-refractivity contribution in [2.75, 3.05) is 32.7 Å². The Morgan fingerprint density at radius 2 is 1.61 bits per heavy atom. The van der Waals surface area contributed by atoms with Gasteiger partial charge >= 0.3 is 0 Å². The predicted molar refractivity (Wildman–Crippen MR) is 107 cm³/mol. The second kappa shape index (κ2) is 9.57. The zero-order valence-corrected chi connectivity index (χ0v) is 16.3. The van der Waals surface area contributed by atoms with Crippen molar-refractivity contribution in [3.8, 4) is 0 Å². The topological polar surface area (TPSA) is 70.6 Å². The van der Waals surface area contributed by atoms with E-state index in [1.54, 1.807) is 47.5 Å². The van der Waals surface area contributed by atoms with Crippen LogP contribution in [0.5, 0.6) is 0 Å². The first-order valence-corrected chi connectivity index (χ1v) is 9.63. The molecule has 1 aliphatic rings. The van der Waals surface area contributed by atoms with Crippen molar-refractivity contribution in [3.63, 3.8) is 0 Å². The van der Waals surface area contributed by atoms with Crippen LogP contribution in [0.3, 0.4) is 0 Å². The van der Waals surface area contributed by atoms with E-state index in [0.717, 1.165) is 0 Å². The molecule has 7 heteroatoms. The molecule has 1 fully saturated rings. The first-order chi connectivity index (χ1) is 13.5. The molecule has 28 heavy (non-hydrogen) atoms. The average molecular weight is 400 g/mol. The SMILES string of the molecule is O=C(CCC(=O)N1CCN(CC(=O)c2ccc(Cl)cc2)CC1)c1cccnc1. The maximum absolute atomic E-state index is 12.4. The molecule has 3 rings (SSSR count). The molecular weight excluding hydrogens is 378 g/mol. The molecule has 2 heterocycles. The summed E-state index contributed by atoms with van der Waals surface area (Å²) in [5, 5.41) is 0.602. The van der Waals surface area contributed by atoms with Gasteiger partial charge in [-0.1, -0.05) is 11.6 Å². The van der Waals surface area contributed by atoms with Gasteiger partial charge in [-0.25, -0.2) is 0 Å². The fraction of sp³-hybridized carbons (Fsp3) is 0.333. The van der Waals surface area contributed by atoms with Gasteiger partial charge in [0.05, 0.1) is 6.54 Å². The fourth-order valence-electron chi connectivity index (χ4n) is 3.14. The van der Waals surface area contributed by atoms with Crippen molar-refractivity contribution in [1.29, 1.82) is 0 Å². The second-order valence-electron chi connectivity index (χ2n) is 6.75. The number of nitrogens with zero attached hydrogens (tertiary/aromatic N) is 3. The highest BCUT2D eigenvalue weighted by Crippen LogP contribution is 2.12. The first kappa shape index (κ1) is 20.2. The monoisotopic (exact) mass is 399 g/mol. The van der Waals surface area contributed by atoms with Crippen LogP contribution < -0.4 is 0 Å². The molecule has 1 aliphatic heterocycles. The summed E-state index contributed by atoms with van der Waals surface area (Å²) in [4.78, 5) is 44.5. The van der Waals surface area contributed by atoms with E-state index in [4.69, 9.17) is 11.6 Å². The summed E-state index contributed by atoms with van der Waals surface area (Å²) in [6, 6.07) is 10.3. The number of rotatable bonds is 7. The molecule has 146 valence electrons. The summed E-state index contributed by atoms with van der Waals surface area (Å²) >= 11 is 5.85. The first-order valence-electron chi connectivity index (χ1n) is 9.25. The fourth-order valence-corrected chi connectivity index (χ4v) is 3.26. The summed E-state index contributed by atoms with van der Waals surface area (Å²) in [5.41, 5.74) is 1.16. The number of piperazine rings is 1. The Balaban J connectivity index is 1.42. The third kappa shape index (κ3) is 5.47. The molecule has 1 saturated heterocycles. The minimum atomic E-state index is -0.0753. The van der Waals surface area contributed by atoms with Crippen LogP contribution in [0, 0.1) is 0 Å². The molecule has 0 atom stereocenters. The van der Waals surface area contributed by atoms with Crippen LogP contribution in [0.4, 0.5) is 0 Å². The van der Waals surface area contributed by atoms with Crippen LogP contribution in [0.2, 0.25) is 5.02 Å². The number of ketones is 2. The largest absolute Gasteiger partial charge is 0.340 e. The molecule has 1 aromatic carbocycles. The van der Waals surface area contributed by atoms with E-state index >= 15 is 0 Å². The van der Waals surface area contributed by atoms with Gasteiger partial charge in [0.15, 0.2) is 11.6 Å². The molecule has 6 nitrogen and oxygen atoms in total. The molecule has 0 saturated carbocycles. The van der Waals surface area contributed by atoms with Gasteiger partial charge in [-0.2, -0.15) is 0 Å². The molecule has 0 unspecified atom stereocenters. The van der Waals surface area contributed by atoms with Gasteiger partial charge in [-0.15, -0.1) is 0 Å². The van der Waals surface area contributed by atoms with Gasteiger partial charge in [0, 0.05) is 67.6 Å². The lowest BCUT2D eigenvalue weighted by molar-refractivity contribution is -0.132. The summed E-state index contributed by atoms with van der Waals surface area (Å²) in [6.45, 7) is 2.73. The maximum atomic E-state index is 12.4. The van der Waals surface area contributed by atoms with Gasteiger partial charge in [-0.05, 0) is 36.4 Å². The maximum Gasteiger partial charge on any atom is 0.223 e. The summed E-state index contributed by atoms with van der Waals surface area (Å²) in [5.74, 6) is -0.0620. The van der Waals surface area contributed by atoms with Crippen LogP contribution in [0.25, 0.3) is 0 Å². The number of aromatic nitrogens is 1. The Morgan fingerprint density at radius 3 is 2.25 bits per heavy atom. The number of Topliss-reactive ketones (excluding diaryl/α,β-unsaturated/α-hetero) is 2. The van der Waals surface area contributed by atoms with E-state index in [1.807, 2.05) is 4.90 Å². The molecule has 0 bridgehead atoms. The number of hydrogen-bond donors (Lipinski definition) is 0. The van der Waals surface area contributed by atoms with Gasteiger partial charge in [-0.3, -0.25) is 24.3 Å². The lowest BCUT2D eigenvalue weighted by Gasteiger charge is -2.34. The Bertz CT molecular complexity index is 832. The van der Waals surface area contributed by atoms with Gasteiger partial charge in [0.1, 0.15) is 0 Å². The van der Waals surface area contributed by atoms with Crippen molar-refractivity contribution < 1.29 is 14.4 Å². The van der Waals surface area contributed by atoms with Crippen molar-refractivity contribution in [3.05, 3.63) is 64.9 Å². The van der Waals surface area contributed by atoms with E-state index in [2.05, 4.69) is 4.98 Å². The van der Waals surface area contributed by atoms with Crippen molar-refractivity contribution >= 4 is 29.1 Å². The Labute approximate surface area is 169 Å². The Hall–Kier alpha value is -2.57. The molecule has 1 aromatic heterocycles. The third-order valence-corrected chi connectivity index (χ3v) is 5.06. The number of carbonyl (C=O) groups is 3. The molecule has 0 radical (unpaired) electrons. The minimum absolute atomic E-state index is 0.0269. The molecule has 1 amide bonds. The molecule has 0 spiro atoms. The highest BCUT2D eigenvalue weighted by Gasteiger charge is 2.23. The number of pyridine rings is 1. The van der Waals surface area contributed by atoms with Crippen LogP contribution >= 0.6 is 11.6 Å². The summed E-state index contributed by atoms with van der Waals surface area (Å²) in [7, 11) is 0. The van der Waals surface area contributed by atoms with Crippen LogP contribution in [-0.2, 0) is 4.79 Å². The molecule has 2 aromatic rings. The molecule has 0 N–H and O–H groups in total. The number of carbonyl (C=O) groups excluding carboxylic acids is 3. The Morgan fingerprint density at radius 1 is 0.893 bits per heavy atom. The van der Waals surface area contributed by atoms with Gasteiger partial charge in [0.2, 0.25) is 5.91 Å². The number of benzene rings is 1. The quantitative estimate of drug-likeness (QED) is 0.669. The number of amides is 1. The number of halogens is 1. The average Bonchev–Trinajstić information content (AvgIpc) is 2.73. The highest BCUT2D eigenvalue weighted by molar-refractivity contribution is 6.30. The number of hydrogen-bond acceptors (Lipinski definition) is 5. The lowest BCUT2D eigenvalue weighted by atomic mass is 10.1. The summed E-state index contributed by atoms with van der Waals surface area (Å²) in [6.07, 6.45) is 3.50. The van der Waals surface area contributed by atoms with Gasteiger partial charge in [0.25, 0.3) is 0 Å². The Kier molecular flexibility index (Phi) is 6.90. The van der Waals surface area contributed by atoms with Crippen LogP contribution in [0.1, 0.15) is 33.6 Å². The minimum Gasteiger partial charge on any atom is -0.340 e. The zero-order valence-electron chi connectivity index (χ0n) is 15.5. The van der Waals surface area contributed by atoms with Crippen molar-refractivity contribution in [1.82, 2.24) is 14.8 Å². The van der Waals surface area contributed by atoms with Gasteiger partial charge < -0.3 is 4.90 Å². The highest BCUT2D eigenvalue weighted by atomic mass is 35.5. The van der Waals surface area contributed by atoms with Crippen LogP contribution in [0.15, 0.2) is 48.8 Å². The normalized spacial score (nSPS) is 14.7.